The monoisotopic (exact) mass is 252 g/mol. The summed E-state index contributed by atoms with van der Waals surface area (Å²) in [5, 5.41) is 2.94. The van der Waals surface area contributed by atoms with Crippen LogP contribution in [0.4, 0.5) is 24.7 Å². The van der Waals surface area contributed by atoms with Crippen LogP contribution in [0.2, 0.25) is 0 Å². The number of hydrogen-bond donors (Lipinski definition) is 1. The van der Waals surface area contributed by atoms with Crippen LogP contribution >= 0.6 is 0 Å². The highest BCUT2D eigenvalue weighted by Crippen LogP contribution is 2.29. The second kappa shape index (κ2) is 4.68. The Bertz CT molecular complexity index is 533. The van der Waals surface area contributed by atoms with E-state index in [4.69, 9.17) is 0 Å². The summed E-state index contributed by atoms with van der Waals surface area (Å²) in [5.41, 5.74) is 1.10. The zero-order valence-corrected chi connectivity index (χ0v) is 9.62. The molecule has 5 heteroatoms. The highest BCUT2D eigenvalue weighted by Gasteiger charge is 2.30. The number of aromatic nitrogens is 1. The molecule has 1 aromatic heterocycles. The molecule has 0 fully saturated rings. The zero-order chi connectivity index (χ0) is 13.2. The fourth-order valence-corrected chi connectivity index (χ4v) is 1.51. The predicted molar refractivity (Wildman–Crippen MR) is 63.7 cm³/mol. The zero-order valence-electron chi connectivity index (χ0n) is 9.62. The number of nitrogens with zero attached hydrogens (tertiary/aromatic N) is 1. The summed E-state index contributed by atoms with van der Waals surface area (Å²) >= 11 is 0. The van der Waals surface area contributed by atoms with Gasteiger partial charge in [-0.3, -0.25) is 0 Å². The third-order valence-electron chi connectivity index (χ3n) is 2.38. The van der Waals surface area contributed by atoms with Crippen molar-refractivity contribution < 1.29 is 13.2 Å². The second-order valence-electron chi connectivity index (χ2n) is 3.92. The van der Waals surface area contributed by atoms with Gasteiger partial charge in [0.1, 0.15) is 5.82 Å². The molecule has 0 aliphatic carbocycles. The van der Waals surface area contributed by atoms with Crippen LogP contribution in [0.25, 0.3) is 0 Å². The lowest BCUT2D eigenvalue weighted by Crippen LogP contribution is -2.05. The molecule has 94 valence electrons. The van der Waals surface area contributed by atoms with Crippen LogP contribution in [-0.2, 0) is 6.18 Å². The van der Waals surface area contributed by atoms with Gasteiger partial charge in [-0.25, -0.2) is 4.98 Å². The third-order valence-corrected chi connectivity index (χ3v) is 2.38. The first kappa shape index (κ1) is 12.4. The summed E-state index contributed by atoms with van der Waals surface area (Å²) in [6, 6.07) is 9.83. The van der Waals surface area contributed by atoms with Gasteiger partial charge >= 0.3 is 6.18 Å². The quantitative estimate of drug-likeness (QED) is 0.868. The number of pyridine rings is 1. The Morgan fingerprint density at radius 3 is 2.44 bits per heavy atom. The largest absolute Gasteiger partial charge is 0.417 e. The average Bonchev–Trinajstić information content (AvgIpc) is 2.28. The van der Waals surface area contributed by atoms with Crippen molar-refractivity contribution in [2.75, 3.05) is 5.32 Å². The molecule has 0 amide bonds. The van der Waals surface area contributed by atoms with Crippen molar-refractivity contribution in [1.29, 1.82) is 0 Å². The summed E-state index contributed by atoms with van der Waals surface area (Å²) < 4.78 is 37.0. The maximum atomic E-state index is 12.3. The molecule has 0 aliphatic rings. The number of rotatable bonds is 2. The van der Waals surface area contributed by atoms with Gasteiger partial charge < -0.3 is 5.32 Å². The van der Waals surface area contributed by atoms with Gasteiger partial charge in [0, 0.05) is 11.9 Å². The van der Waals surface area contributed by atoms with E-state index in [0.29, 0.717) is 5.82 Å². The minimum absolute atomic E-state index is 0.383. The summed E-state index contributed by atoms with van der Waals surface area (Å²) in [6.07, 6.45) is -3.53. The summed E-state index contributed by atoms with van der Waals surface area (Å²) in [7, 11) is 0. The van der Waals surface area contributed by atoms with E-state index in [1.807, 2.05) is 31.2 Å². The Balaban J connectivity index is 2.16. The second-order valence-corrected chi connectivity index (χ2v) is 3.92. The van der Waals surface area contributed by atoms with Crippen LogP contribution < -0.4 is 5.32 Å². The Kier molecular flexibility index (Phi) is 3.23. The highest BCUT2D eigenvalue weighted by molar-refractivity contribution is 5.56. The molecule has 1 N–H and O–H groups in total. The highest BCUT2D eigenvalue weighted by atomic mass is 19.4. The van der Waals surface area contributed by atoms with E-state index in [2.05, 4.69) is 10.3 Å². The van der Waals surface area contributed by atoms with Gasteiger partial charge in [-0.05, 0) is 36.8 Å². The van der Waals surface area contributed by atoms with E-state index >= 15 is 0 Å². The molecule has 0 spiro atoms. The van der Waals surface area contributed by atoms with E-state index in [1.54, 1.807) is 0 Å². The molecule has 18 heavy (non-hydrogen) atoms. The van der Waals surface area contributed by atoms with E-state index in [-0.39, 0.29) is 0 Å². The number of anilines is 2. The molecule has 0 saturated carbocycles. The number of halogens is 3. The Labute approximate surface area is 102 Å². The van der Waals surface area contributed by atoms with E-state index in [1.165, 1.54) is 6.07 Å². The molecular formula is C13H11F3N2. The van der Waals surface area contributed by atoms with Crippen molar-refractivity contribution in [3.63, 3.8) is 0 Å². The van der Waals surface area contributed by atoms with Gasteiger partial charge in [0.25, 0.3) is 0 Å². The molecule has 1 heterocycles. The fraction of sp³-hybridized carbons (Fsp3) is 0.154. The van der Waals surface area contributed by atoms with Crippen LogP contribution in [0.1, 0.15) is 11.1 Å². The number of hydrogen-bond acceptors (Lipinski definition) is 2. The molecule has 2 nitrogen and oxygen atoms in total. The average molecular weight is 252 g/mol. The lowest BCUT2D eigenvalue weighted by Gasteiger charge is -2.09. The molecule has 0 aliphatic heterocycles. The summed E-state index contributed by atoms with van der Waals surface area (Å²) in [4.78, 5) is 3.74. The normalized spacial score (nSPS) is 11.3. The predicted octanol–water partition coefficient (Wildman–Crippen LogP) is 4.15. The molecule has 1 aromatic carbocycles. The van der Waals surface area contributed by atoms with Crippen LogP contribution in [-0.4, -0.2) is 4.98 Å². The Morgan fingerprint density at radius 1 is 1.11 bits per heavy atom. The number of aryl methyl sites for hydroxylation is 1. The number of alkyl halides is 3. The van der Waals surface area contributed by atoms with Gasteiger partial charge in [-0.15, -0.1) is 0 Å². The van der Waals surface area contributed by atoms with Crippen molar-refractivity contribution in [3.05, 3.63) is 53.7 Å². The first-order chi connectivity index (χ1) is 8.45. The minimum Gasteiger partial charge on any atom is -0.340 e. The molecule has 0 atom stereocenters. The van der Waals surface area contributed by atoms with Crippen LogP contribution in [0, 0.1) is 6.92 Å². The Morgan fingerprint density at radius 2 is 1.89 bits per heavy atom. The lowest BCUT2D eigenvalue weighted by atomic mass is 10.2. The van der Waals surface area contributed by atoms with Crippen molar-refractivity contribution >= 4 is 11.5 Å². The molecule has 0 unspecified atom stereocenters. The summed E-state index contributed by atoms with van der Waals surface area (Å²) in [5.74, 6) is 0.383. The minimum atomic E-state index is -4.35. The molecule has 0 bridgehead atoms. The maximum Gasteiger partial charge on any atom is 0.417 e. The van der Waals surface area contributed by atoms with Gasteiger partial charge in [-0.1, -0.05) is 12.1 Å². The van der Waals surface area contributed by atoms with Gasteiger partial charge in [0.05, 0.1) is 5.56 Å². The van der Waals surface area contributed by atoms with E-state index < -0.39 is 11.7 Å². The van der Waals surface area contributed by atoms with Crippen LogP contribution in [0.3, 0.4) is 0 Å². The Hall–Kier alpha value is -2.04. The number of nitrogens with one attached hydrogen (secondary N) is 1. The van der Waals surface area contributed by atoms with Crippen molar-refractivity contribution in [1.82, 2.24) is 4.98 Å². The molecule has 2 aromatic rings. The topological polar surface area (TPSA) is 24.9 Å². The maximum absolute atomic E-state index is 12.3. The van der Waals surface area contributed by atoms with Crippen molar-refractivity contribution in [2.24, 2.45) is 0 Å². The van der Waals surface area contributed by atoms with Crippen molar-refractivity contribution in [3.8, 4) is 0 Å². The van der Waals surface area contributed by atoms with Crippen LogP contribution in [0.15, 0.2) is 42.6 Å². The van der Waals surface area contributed by atoms with Crippen LogP contribution in [0.5, 0.6) is 0 Å². The first-order valence-electron chi connectivity index (χ1n) is 5.32. The SMILES string of the molecule is Cc1cccc(Nc2ccc(C(F)(F)F)cn2)c1. The molecule has 2 rings (SSSR count). The van der Waals surface area contributed by atoms with E-state index in [0.717, 1.165) is 23.5 Å². The summed E-state index contributed by atoms with van der Waals surface area (Å²) in [6.45, 7) is 1.94. The standard InChI is InChI=1S/C13H11F3N2/c1-9-3-2-4-11(7-9)18-12-6-5-10(8-17-12)13(14,15)16/h2-8H,1H3,(H,17,18). The van der Waals surface area contributed by atoms with Gasteiger partial charge in [0.2, 0.25) is 0 Å². The fourth-order valence-electron chi connectivity index (χ4n) is 1.51. The smallest absolute Gasteiger partial charge is 0.340 e. The van der Waals surface area contributed by atoms with E-state index in [9.17, 15) is 13.2 Å². The van der Waals surface area contributed by atoms with Gasteiger partial charge in [0.15, 0.2) is 0 Å². The lowest BCUT2D eigenvalue weighted by molar-refractivity contribution is -0.137. The number of benzene rings is 1. The molecular weight excluding hydrogens is 241 g/mol. The van der Waals surface area contributed by atoms with Crippen molar-refractivity contribution in [2.45, 2.75) is 13.1 Å². The molecule has 0 saturated heterocycles. The third kappa shape index (κ3) is 3.00. The molecule has 0 radical (unpaired) electrons. The van der Waals surface area contributed by atoms with Gasteiger partial charge in [-0.2, -0.15) is 13.2 Å². The first-order valence-corrected chi connectivity index (χ1v) is 5.32.